The smallest absolute Gasteiger partial charge is 0.319 e. The van der Waals surface area contributed by atoms with Gasteiger partial charge in [-0.25, -0.2) is 4.79 Å². The van der Waals surface area contributed by atoms with Crippen molar-refractivity contribution in [1.82, 2.24) is 15.1 Å². The van der Waals surface area contributed by atoms with E-state index < -0.39 is 35.8 Å². The molecule has 1 saturated heterocycles. The average molecular weight is 443 g/mol. The Balaban J connectivity index is 1.71. The highest BCUT2D eigenvalue weighted by atomic mass is 16.5. The van der Waals surface area contributed by atoms with Crippen LogP contribution in [0.2, 0.25) is 0 Å². The molecule has 32 heavy (non-hydrogen) atoms. The molecule has 1 aliphatic rings. The maximum atomic E-state index is 12.9. The average Bonchev–Trinajstić information content (AvgIpc) is 3.42. The topological polar surface area (TPSA) is 147 Å². The summed E-state index contributed by atoms with van der Waals surface area (Å²) in [7, 11) is 2.95. The molecule has 5 amide bonds. The molecule has 1 aromatic carbocycles. The molecule has 0 spiro atoms. The molecule has 0 saturated carbocycles. The van der Waals surface area contributed by atoms with Crippen molar-refractivity contribution in [1.29, 1.82) is 0 Å². The SMILES string of the molecule is COc1cccc(NC(=O)NC2CC(C(=O)N(C)CC(N)=O)N(C(=O)c3ccco3)C2)c1. The number of nitrogens with one attached hydrogen (secondary N) is 2. The van der Waals surface area contributed by atoms with Gasteiger partial charge in [-0.1, -0.05) is 6.07 Å². The summed E-state index contributed by atoms with van der Waals surface area (Å²) in [5, 5.41) is 5.48. The summed E-state index contributed by atoms with van der Waals surface area (Å²) in [6.45, 7) is -0.196. The fraction of sp³-hybridized carbons (Fsp3) is 0.333. The molecule has 0 radical (unpaired) electrons. The number of furan rings is 1. The van der Waals surface area contributed by atoms with Gasteiger partial charge in [0.05, 0.1) is 26.0 Å². The zero-order valence-electron chi connectivity index (χ0n) is 17.7. The number of likely N-dealkylation sites (N-methyl/N-ethyl adjacent to an activating group) is 1. The molecular formula is C21H25N5O6. The molecule has 4 N–H and O–H groups in total. The first kappa shape index (κ1) is 22.7. The number of rotatable bonds is 7. The number of carbonyl (C=O) groups excluding carboxylic acids is 4. The van der Waals surface area contributed by atoms with E-state index in [9.17, 15) is 19.2 Å². The summed E-state index contributed by atoms with van der Waals surface area (Å²) in [6, 6.07) is 8.01. The molecule has 2 aromatic rings. The zero-order valence-corrected chi connectivity index (χ0v) is 17.7. The highest BCUT2D eigenvalue weighted by Gasteiger charge is 2.42. The van der Waals surface area contributed by atoms with Gasteiger partial charge in [0.15, 0.2) is 5.76 Å². The summed E-state index contributed by atoms with van der Waals surface area (Å²) in [6.07, 6.45) is 1.52. The first-order valence-electron chi connectivity index (χ1n) is 9.87. The standard InChI is InChI=1S/C21H25N5O6/c1-25(12-18(22)27)19(28)16-10-14(11-26(16)20(29)17-7-4-8-32-17)24-21(30)23-13-5-3-6-15(9-13)31-2/h3-9,14,16H,10-12H2,1-2H3,(H2,22,27)(H2,23,24,30). The van der Waals surface area contributed by atoms with Crippen LogP contribution in [0.1, 0.15) is 17.0 Å². The lowest BCUT2D eigenvalue weighted by Crippen LogP contribution is -2.48. The number of nitrogens with two attached hydrogens (primary N) is 1. The van der Waals surface area contributed by atoms with Gasteiger partial charge in [-0.05, 0) is 30.7 Å². The Morgan fingerprint density at radius 3 is 2.69 bits per heavy atom. The first-order chi connectivity index (χ1) is 15.3. The van der Waals surface area contributed by atoms with Crippen molar-refractivity contribution in [3.05, 3.63) is 48.4 Å². The predicted octanol–water partition coefficient (Wildman–Crippen LogP) is 0.637. The van der Waals surface area contributed by atoms with Crippen LogP contribution < -0.4 is 21.1 Å². The Bertz CT molecular complexity index is 992. The van der Waals surface area contributed by atoms with Crippen molar-refractivity contribution in [3.63, 3.8) is 0 Å². The number of anilines is 1. The van der Waals surface area contributed by atoms with E-state index in [-0.39, 0.29) is 25.3 Å². The number of hydrogen-bond donors (Lipinski definition) is 3. The van der Waals surface area contributed by atoms with Crippen LogP contribution in [0.3, 0.4) is 0 Å². The molecular weight excluding hydrogens is 418 g/mol. The molecule has 3 rings (SSSR count). The lowest BCUT2D eigenvalue weighted by atomic mass is 10.1. The molecule has 1 aromatic heterocycles. The van der Waals surface area contributed by atoms with E-state index in [1.165, 1.54) is 31.4 Å². The lowest BCUT2D eigenvalue weighted by Gasteiger charge is -2.26. The second-order valence-electron chi connectivity index (χ2n) is 7.37. The van der Waals surface area contributed by atoms with E-state index >= 15 is 0 Å². The third-order valence-electron chi connectivity index (χ3n) is 5.01. The Morgan fingerprint density at radius 1 is 1.25 bits per heavy atom. The van der Waals surface area contributed by atoms with Crippen molar-refractivity contribution in [2.45, 2.75) is 18.5 Å². The largest absolute Gasteiger partial charge is 0.497 e. The van der Waals surface area contributed by atoms with Gasteiger partial charge < -0.3 is 35.3 Å². The van der Waals surface area contributed by atoms with E-state index in [1.807, 2.05) is 0 Å². The van der Waals surface area contributed by atoms with Crippen LogP contribution in [0.4, 0.5) is 10.5 Å². The van der Waals surface area contributed by atoms with E-state index in [1.54, 1.807) is 30.3 Å². The highest BCUT2D eigenvalue weighted by molar-refractivity contribution is 5.97. The van der Waals surface area contributed by atoms with Crippen LogP contribution in [-0.2, 0) is 9.59 Å². The molecule has 1 aliphatic heterocycles. The van der Waals surface area contributed by atoms with Gasteiger partial charge in [-0.15, -0.1) is 0 Å². The predicted molar refractivity (Wildman–Crippen MR) is 114 cm³/mol. The first-order valence-corrected chi connectivity index (χ1v) is 9.87. The number of amides is 5. The van der Waals surface area contributed by atoms with Crippen LogP contribution in [0.5, 0.6) is 5.75 Å². The molecule has 0 aliphatic carbocycles. The van der Waals surface area contributed by atoms with Crippen molar-refractivity contribution >= 4 is 29.4 Å². The lowest BCUT2D eigenvalue weighted by molar-refractivity contribution is -0.137. The summed E-state index contributed by atoms with van der Waals surface area (Å²) in [5.74, 6) is -0.960. The van der Waals surface area contributed by atoms with Gasteiger partial charge in [0.1, 0.15) is 11.8 Å². The molecule has 2 unspecified atom stereocenters. The third-order valence-corrected chi connectivity index (χ3v) is 5.01. The Labute approximate surface area is 184 Å². The number of urea groups is 1. The molecule has 11 nitrogen and oxygen atoms in total. The quantitative estimate of drug-likeness (QED) is 0.572. The summed E-state index contributed by atoms with van der Waals surface area (Å²) < 4.78 is 10.3. The molecule has 2 atom stereocenters. The van der Waals surface area contributed by atoms with E-state index in [4.69, 9.17) is 14.9 Å². The van der Waals surface area contributed by atoms with Crippen LogP contribution in [0, 0.1) is 0 Å². The van der Waals surface area contributed by atoms with E-state index in [0.29, 0.717) is 11.4 Å². The van der Waals surface area contributed by atoms with Crippen LogP contribution in [-0.4, -0.2) is 72.9 Å². The number of primary amides is 1. The Kier molecular flexibility index (Phi) is 6.98. The Hall–Kier alpha value is -4.02. The van der Waals surface area contributed by atoms with Crippen molar-refractivity contribution in [2.75, 3.05) is 32.6 Å². The minimum Gasteiger partial charge on any atom is -0.497 e. The van der Waals surface area contributed by atoms with Gasteiger partial charge in [0.2, 0.25) is 11.8 Å². The summed E-state index contributed by atoms with van der Waals surface area (Å²) in [4.78, 5) is 52.0. The second-order valence-corrected chi connectivity index (χ2v) is 7.37. The number of likely N-dealkylation sites (tertiary alicyclic amines) is 1. The number of methoxy groups -OCH3 is 1. The molecule has 2 heterocycles. The number of nitrogens with zero attached hydrogens (tertiary/aromatic N) is 2. The number of hydrogen-bond acceptors (Lipinski definition) is 6. The summed E-state index contributed by atoms with van der Waals surface area (Å²) in [5.41, 5.74) is 5.71. The molecule has 1 fully saturated rings. The molecule has 11 heteroatoms. The molecule has 170 valence electrons. The van der Waals surface area contributed by atoms with Gasteiger partial charge in [-0.3, -0.25) is 14.4 Å². The third kappa shape index (κ3) is 5.36. The fourth-order valence-corrected chi connectivity index (χ4v) is 3.56. The number of ether oxygens (including phenoxy) is 1. The van der Waals surface area contributed by atoms with Gasteiger partial charge >= 0.3 is 6.03 Å². The minimum atomic E-state index is -0.890. The zero-order chi connectivity index (χ0) is 23.3. The van der Waals surface area contributed by atoms with Crippen molar-refractivity contribution in [3.8, 4) is 5.75 Å². The monoisotopic (exact) mass is 443 g/mol. The van der Waals surface area contributed by atoms with Crippen LogP contribution in [0.25, 0.3) is 0 Å². The van der Waals surface area contributed by atoms with Gasteiger partial charge in [0.25, 0.3) is 5.91 Å². The van der Waals surface area contributed by atoms with Gasteiger partial charge in [0, 0.05) is 25.3 Å². The van der Waals surface area contributed by atoms with E-state index in [2.05, 4.69) is 10.6 Å². The second kappa shape index (κ2) is 9.86. The minimum absolute atomic E-state index is 0.0711. The fourth-order valence-electron chi connectivity index (χ4n) is 3.56. The highest BCUT2D eigenvalue weighted by Crippen LogP contribution is 2.23. The maximum Gasteiger partial charge on any atom is 0.319 e. The number of carbonyl (C=O) groups is 4. The van der Waals surface area contributed by atoms with Crippen molar-refractivity contribution in [2.24, 2.45) is 5.73 Å². The van der Waals surface area contributed by atoms with Crippen molar-refractivity contribution < 1.29 is 28.3 Å². The normalized spacial score (nSPS) is 17.5. The Morgan fingerprint density at radius 2 is 2.03 bits per heavy atom. The molecule has 0 bridgehead atoms. The number of benzene rings is 1. The van der Waals surface area contributed by atoms with Gasteiger partial charge in [-0.2, -0.15) is 0 Å². The summed E-state index contributed by atoms with van der Waals surface area (Å²) >= 11 is 0. The van der Waals surface area contributed by atoms with E-state index in [0.717, 1.165) is 4.90 Å². The van der Waals surface area contributed by atoms with Crippen LogP contribution >= 0.6 is 0 Å². The maximum absolute atomic E-state index is 12.9. The van der Waals surface area contributed by atoms with Crippen LogP contribution in [0.15, 0.2) is 47.1 Å².